The third-order valence-electron chi connectivity index (χ3n) is 3.85. The highest BCUT2D eigenvalue weighted by atomic mass is 35.5. The van der Waals surface area contributed by atoms with Crippen LogP contribution in [0.3, 0.4) is 0 Å². The topological polar surface area (TPSA) is 21.3 Å². The molecule has 2 aromatic rings. The zero-order valence-corrected chi connectivity index (χ0v) is 14.5. The quantitative estimate of drug-likeness (QED) is 0.778. The van der Waals surface area contributed by atoms with Crippen molar-refractivity contribution in [3.63, 3.8) is 0 Å². The van der Waals surface area contributed by atoms with Gasteiger partial charge in [0.2, 0.25) is 0 Å². The molecule has 0 aromatic heterocycles. The van der Waals surface area contributed by atoms with Crippen molar-refractivity contribution in [2.24, 2.45) is 0 Å². The van der Waals surface area contributed by atoms with Gasteiger partial charge in [0.15, 0.2) is 0 Å². The van der Waals surface area contributed by atoms with E-state index in [0.717, 1.165) is 18.7 Å². The van der Waals surface area contributed by atoms with Crippen LogP contribution in [0.5, 0.6) is 5.75 Å². The molecule has 2 aromatic carbocycles. The SMILES string of the molecule is CCC(C)(C)NCc1ccccc1OCc1ccccc1.Cl. The average Bonchev–Trinajstić information content (AvgIpc) is 2.53. The summed E-state index contributed by atoms with van der Waals surface area (Å²) in [7, 11) is 0. The lowest BCUT2D eigenvalue weighted by Gasteiger charge is -2.25. The number of benzene rings is 2. The van der Waals surface area contributed by atoms with Gasteiger partial charge >= 0.3 is 0 Å². The van der Waals surface area contributed by atoms with Gasteiger partial charge in [-0.1, -0.05) is 55.5 Å². The fourth-order valence-electron chi connectivity index (χ4n) is 1.99. The van der Waals surface area contributed by atoms with Gasteiger partial charge < -0.3 is 10.1 Å². The van der Waals surface area contributed by atoms with Crippen LogP contribution >= 0.6 is 12.4 Å². The predicted octanol–water partition coefficient (Wildman–Crippen LogP) is 4.97. The first-order valence-electron chi connectivity index (χ1n) is 7.60. The lowest BCUT2D eigenvalue weighted by atomic mass is 10.0. The molecule has 0 atom stereocenters. The van der Waals surface area contributed by atoms with Gasteiger partial charge in [-0.2, -0.15) is 0 Å². The molecule has 0 saturated heterocycles. The minimum atomic E-state index is 0. The molecule has 0 radical (unpaired) electrons. The van der Waals surface area contributed by atoms with Gasteiger partial charge in [-0.25, -0.2) is 0 Å². The summed E-state index contributed by atoms with van der Waals surface area (Å²) >= 11 is 0. The molecule has 22 heavy (non-hydrogen) atoms. The maximum atomic E-state index is 5.98. The molecule has 3 heteroatoms. The molecule has 0 heterocycles. The van der Waals surface area contributed by atoms with Crippen molar-refractivity contribution >= 4 is 12.4 Å². The third-order valence-corrected chi connectivity index (χ3v) is 3.85. The van der Waals surface area contributed by atoms with E-state index in [-0.39, 0.29) is 17.9 Å². The zero-order chi connectivity index (χ0) is 15.1. The van der Waals surface area contributed by atoms with Crippen molar-refractivity contribution in [2.75, 3.05) is 0 Å². The van der Waals surface area contributed by atoms with Gasteiger partial charge in [0.05, 0.1) is 0 Å². The standard InChI is InChI=1S/C19H25NO.ClH/c1-4-19(2,3)20-14-17-12-8-9-13-18(17)21-15-16-10-6-5-7-11-16;/h5-13,20H,4,14-15H2,1-3H3;1H. The van der Waals surface area contributed by atoms with Crippen LogP contribution in [0.25, 0.3) is 0 Å². The van der Waals surface area contributed by atoms with Gasteiger partial charge in [0, 0.05) is 17.6 Å². The van der Waals surface area contributed by atoms with E-state index in [4.69, 9.17) is 4.74 Å². The van der Waals surface area contributed by atoms with E-state index in [1.165, 1.54) is 11.1 Å². The molecular weight excluding hydrogens is 294 g/mol. The zero-order valence-electron chi connectivity index (χ0n) is 13.6. The van der Waals surface area contributed by atoms with Crippen molar-refractivity contribution in [3.05, 3.63) is 65.7 Å². The second-order valence-electron chi connectivity index (χ2n) is 5.97. The van der Waals surface area contributed by atoms with Gasteiger partial charge in [-0.15, -0.1) is 12.4 Å². The Morgan fingerprint density at radius 3 is 2.27 bits per heavy atom. The van der Waals surface area contributed by atoms with E-state index in [9.17, 15) is 0 Å². The van der Waals surface area contributed by atoms with Gasteiger partial charge in [0.25, 0.3) is 0 Å². The van der Waals surface area contributed by atoms with Gasteiger partial charge in [0.1, 0.15) is 12.4 Å². The van der Waals surface area contributed by atoms with Crippen molar-refractivity contribution in [2.45, 2.75) is 45.9 Å². The number of hydrogen-bond acceptors (Lipinski definition) is 2. The average molecular weight is 320 g/mol. The summed E-state index contributed by atoms with van der Waals surface area (Å²) in [6.07, 6.45) is 1.10. The second kappa shape index (κ2) is 8.82. The van der Waals surface area contributed by atoms with E-state index in [1.807, 2.05) is 30.3 Å². The molecule has 0 fully saturated rings. The molecule has 0 saturated carbocycles. The maximum Gasteiger partial charge on any atom is 0.124 e. The van der Waals surface area contributed by atoms with Crippen LogP contribution in [-0.4, -0.2) is 5.54 Å². The minimum absolute atomic E-state index is 0. The number of rotatable bonds is 7. The molecule has 0 aliphatic rings. The lowest BCUT2D eigenvalue weighted by Crippen LogP contribution is -2.37. The Labute approximate surface area is 140 Å². The maximum absolute atomic E-state index is 5.98. The molecule has 0 spiro atoms. The summed E-state index contributed by atoms with van der Waals surface area (Å²) < 4.78 is 5.98. The highest BCUT2D eigenvalue weighted by molar-refractivity contribution is 5.85. The van der Waals surface area contributed by atoms with Crippen molar-refractivity contribution < 1.29 is 4.74 Å². The van der Waals surface area contributed by atoms with Crippen LogP contribution < -0.4 is 10.1 Å². The number of halogens is 1. The predicted molar refractivity (Wildman–Crippen MR) is 95.7 cm³/mol. The normalized spacial score (nSPS) is 10.9. The Morgan fingerprint density at radius 1 is 0.955 bits per heavy atom. The highest BCUT2D eigenvalue weighted by Crippen LogP contribution is 2.20. The first kappa shape index (κ1) is 18.5. The summed E-state index contributed by atoms with van der Waals surface area (Å²) in [6.45, 7) is 8.08. The van der Waals surface area contributed by atoms with Crippen molar-refractivity contribution in [1.82, 2.24) is 5.32 Å². The summed E-state index contributed by atoms with van der Waals surface area (Å²) in [4.78, 5) is 0. The van der Waals surface area contributed by atoms with Crippen LogP contribution in [0.15, 0.2) is 54.6 Å². The number of ether oxygens (including phenoxy) is 1. The molecule has 0 aliphatic carbocycles. The molecule has 0 aliphatic heterocycles. The Balaban J connectivity index is 0.00000242. The molecule has 0 bridgehead atoms. The Morgan fingerprint density at radius 2 is 1.59 bits per heavy atom. The van der Waals surface area contributed by atoms with Crippen molar-refractivity contribution in [1.29, 1.82) is 0 Å². The van der Waals surface area contributed by atoms with E-state index >= 15 is 0 Å². The van der Waals surface area contributed by atoms with E-state index in [0.29, 0.717) is 6.61 Å². The molecule has 1 N–H and O–H groups in total. The van der Waals surface area contributed by atoms with Crippen LogP contribution in [0, 0.1) is 0 Å². The van der Waals surface area contributed by atoms with E-state index in [2.05, 4.69) is 50.4 Å². The highest BCUT2D eigenvalue weighted by Gasteiger charge is 2.14. The third kappa shape index (κ3) is 5.70. The molecule has 2 rings (SSSR count). The summed E-state index contributed by atoms with van der Waals surface area (Å²) in [5.74, 6) is 0.959. The van der Waals surface area contributed by atoms with Crippen LogP contribution in [-0.2, 0) is 13.2 Å². The monoisotopic (exact) mass is 319 g/mol. The molecule has 0 unspecified atom stereocenters. The van der Waals surface area contributed by atoms with Crippen molar-refractivity contribution in [3.8, 4) is 5.75 Å². The Bertz CT molecular complexity index is 554. The first-order valence-corrected chi connectivity index (χ1v) is 7.60. The number of nitrogens with one attached hydrogen (secondary N) is 1. The Kier molecular flexibility index (Phi) is 7.43. The molecular formula is C19H26ClNO. The fourth-order valence-corrected chi connectivity index (χ4v) is 1.99. The van der Waals surface area contributed by atoms with E-state index in [1.54, 1.807) is 0 Å². The largest absolute Gasteiger partial charge is 0.489 e. The summed E-state index contributed by atoms with van der Waals surface area (Å²) in [5.41, 5.74) is 2.54. The number of hydrogen-bond donors (Lipinski definition) is 1. The summed E-state index contributed by atoms with van der Waals surface area (Å²) in [6, 6.07) is 18.5. The number of para-hydroxylation sites is 1. The fraction of sp³-hybridized carbons (Fsp3) is 0.368. The van der Waals surface area contributed by atoms with Crippen LogP contribution in [0.4, 0.5) is 0 Å². The van der Waals surface area contributed by atoms with E-state index < -0.39 is 0 Å². The second-order valence-corrected chi connectivity index (χ2v) is 5.97. The Hall–Kier alpha value is -1.51. The molecule has 0 amide bonds. The van der Waals surface area contributed by atoms with Gasteiger partial charge in [-0.05, 0) is 31.9 Å². The summed E-state index contributed by atoms with van der Waals surface area (Å²) in [5, 5.41) is 3.58. The lowest BCUT2D eigenvalue weighted by molar-refractivity contribution is 0.298. The van der Waals surface area contributed by atoms with Crippen LogP contribution in [0.2, 0.25) is 0 Å². The minimum Gasteiger partial charge on any atom is -0.489 e. The first-order chi connectivity index (χ1) is 10.1. The van der Waals surface area contributed by atoms with Gasteiger partial charge in [-0.3, -0.25) is 0 Å². The smallest absolute Gasteiger partial charge is 0.124 e. The molecule has 120 valence electrons. The molecule has 2 nitrogen and oxygen atoms in total. The van der Waals surface area contributed by atoms with Crippen LogP contribution in [0.1, 0.15) is 38.3 Å².